The second kappa shape index (κ2) is 5.67. The van der Waals surface area contributed by atoms with E-state index in [9.17, 15) is 4.79 Å². The lowest BCUT2D eigenvalue weighted by atomic mass is 10.1. The van der Waals surface area contributed by atoms with Crippen molar-refractivity contribution < 1.29 is 9.21 Å². The van der Waals surface area contributed by atoms with Gasteiger partial charge >= 0.3 is 0 Å². The van der Waals surface area contributed by atoms with Gasteiger partial charge in [0.05, 0.1) is 29.7 Å². The van der Waals surface area contributed by atoms with Crippen molar-refractivity contribution in [3.63, 3.8) is 0 Å². The number of nitrogens with one attached hydrogen (secondary N) is 1. The summed E-state index contributed by atoms with van der Waals surface area (Å²) in [6.45, 7) is 6.26. The van der Waals surface area contributed by atoms with Gasteiger partial charge in [0, 0.05) is 0 Å². The number of nitrogens with zero attached hydrogens (tertiary/aromatic N) is 2. The van der Waals surface area contributed by atoms with Gasteiger partial charge in [-0.15, -0.1) is 0 Å². The molecule has 114 valence electrons. The van der Waals surface area contributed by atoms with Gasteiger partial charge in [-0.1, -0.05) is 0 Å². The zero-order chi connectivity index (χ0) is 15.7. The molecule has 0 bridgehead atoms. The number of benzene rings is 1. The number of rotatable bonds is 4. The number of amides is 1. The Bertz CT molecular complexity index is 803. The van der Waals surface area contributed by atoms with Crippen LogP contribution in [-0.2, 0) is 11.3 Å². The van der Waals surface area contributed by atoms with Crippen LogP contribution in [0.4, 0.5) is 0 Å². The lowest BCUT2D eigenvalue weighted by Gasteiger charge is -2.12. The van der Waals surface area contributed by atoms with Crippen LogP contribution >= 0.6 is 0 Å². The Morgan fingerprint density at radius 3 is 2.86 bits per heavy atom. The molecule has 0 radical (unpaired) electrons. The molecule has 1 unspecified atom stereocenters. The molecule has 22 heavy (non-hydrogen) atoms. The minimum absolute atomic E-state index is 0.0681. The van der Waals surface area contributed by atoms with Crippen molar-refractivity contribution in [3.05, 3.63) is 53.7 Å². The fourth-order valence-electron chi connectivity index (χ4n) is 2.49. The Kier molecular flexibility index (Phi) is 3.71. The number of furan rings is 1. The SMILES string of the molecule is Cc1cc2ncn(CC(=O)NC(C)c3ccco3)c2cc1C. The normalized spacial score (nSPS) is 12.5. The summed E-state index contributed by atoms with van der Waals surface area (Å²) in [6.07, 6.45) is 3.31. The minimum Gasteiger partial charge on any atom is -0.467 e. The van der Waals surface area contributed by atoms with E-state index < -0.39 is 0 Å². The summed E-state index contributed by atoms with van der Waals surface area (Å²) in [7, 11) is 0. The van der Waals surface area contributed by atoms with E-state index in [4.69, 9.17) is 4.42 Å². The molecule has 1 aromatic carbocycles. The molecule has 1 amide bonds. The molecule has 0 aliphatic rings. The van der Waals surface area contributed by atoms with E-state index in [2.05, 4.69) is 30.2 Å². The average molecular weight is 297 g/mol. The van der Waals surface area contributed by atoms with Gasteiger partial charge in [0.1, 0.15) is 12.3 Å². The molecule has 1 atom stereocenters. The van der Waals surface area contributed by atoms with E-state index in [1.165, 1.54) is 11.1 Å². The van der Waals surface area contributed by atoms with Crippen LogP contribution in [0.25, 0.3) is 11.0 Å². The first-order chi connectivity index (χ1) is 10.5. The van der Waals surface area contributed by atoms with E-state index in [0.717, 1.165) is 16.8 Å². The van der Waals surface area contributed by atoms with Crippen LogP contribution < -0.4 is 5.32 Å². The lowest BCUT2D eigenvalue weighted by molar-refractivity contribution is -0.122. The van der Waals surface area contributed by atoms with Crippen LogP contribution in [-0.4, -0.2) is 15.5 Å². The number of aromatic nitrogens is 2. The third-order valence-corrected chi connectivity index (χ3v) is 3.90. The van der Waals surface area contributed by atoms with Crippen molar-refractivity contribution in [2.24, 2.45) is 0 Å². The standard InChI is InChI=1S/C17H19N3O2/c1-11-7-14-15(8-12(11)2)20(10-18-14)9-17(21)19-13(3)16-5-4-6-22-16/h4-8,10,13H,9H2,1-3H3,(H,19,21). The molecule has 3 rings (SSSR count). The second-order valence-electron chi connectivity index (χ2n) is 5.60. The van der Waals surface area contributed by atoms with Crippen LogP contribution in [0.3, 0.4) is 0 Å². The summed E-state index contributed by atoms with van der Waals surface area (Å²) >= 11 is 0. The van der Waals surface area contributed by atoms with E-state index in [0.29, 0.717) is 0 Å². The first kappa shape index (κ1) is 14.4. The van der Waals surface area contributed by atoms with E-state index >= 15 is 0 Å². The molecule has 0 aliphatic carbocycles. The summed E-state index contributed by atoms with van der Waals surface area (Å²) in [5, 5.41) is 2.93. The summed E-state index contributed by atoms with van der Waals surface area (Å²) in [6, 6.07) is 7.63. The Balaban J connectivity index is 1.75. The van der Waals surface area contributed by atoms with E-state index in [-0.39, 0.29) is 18.5 Å². The molecule has 2 aromatic heterocycles. The number of fused-ring (bicyclic) bond motifs is 1. The van der Waals surface area contributed by atoms with Crippen molar-refractivity contribution in [2.45, 2.75) is 33.4 Å². The number of carbonyl (C=O) groups is 1. The maximum absolute atomic E-state index is 12.2. The van der Waals surface area contributed by atoms with Crippen LogP contribution in [0.5, 0.6) is 0 Å². The average Bonchev–Trinajstić information content (AvgIpc) is 3.11. The topological polar surface area (TPSA) is 60.1 Å². The smallest absolute Gasteiger partial charge is 0.240 e. The van der Waals surface area contributed by atoms with Crippen molar-refractivity contribution in [1.82, 2.24) is 14.9 Å². The zero-order valence-corrected chi connectivity index (χ0v) is 13.0. The molecule has 1 N–H and O–H groups in total. The number of carbonyl (C=O) groups excluding carboxylic acids is 1. The van der Waals surface area contributed by atoms with Gasteiger partial charge in [0.15, 0.2) is 0 Å². The molecule has 0 aliphatic heterocycles. The predicted octanol–water partition coefficient (Wildman–Crippen LogP) is 3.12. The summed E-state index contributed by atoms with van der Waals surface area (Å²) in [4.78, 5) is 16.6. The van der Waals surface area contributed by atoms with E-state index in [1.54, 1.807) is 12.6 Å². The highest BCUT2D eigenvalue weighted by atomic mass is 16.3. The van der Waals surface area contributed by atoms with Crippen LogP contribution in [0, 0.1) is 13.8 Å². The number of aryl methyl sites for hydroxylation is 2. The Labute approximate surface area is 129 Å². The monoisotopic (exact) mass is 297 g/mol. The predicted molar refractivity (Wildman–Crippen MR) is 84.5 cm³/mol. The fourth-order valence-corrected chi connectivity index (χ4v) is 2.49. The van der Waals surface area contributed by atoms with Gasteiger partial charge in [0.2, 0.25) is 5.91 Å². The quantitative estimate of drug-likeness (QED) is 0.805. The summed E-state index contributed by atoms with van der Waals surface area (Å²) < 4.78 is 7.16. The van der Waals surface area contributed by atoms with Crippen LogP contribution in [0.1, 0.15) is 29.9 Å². The minimum atomic E-state index is -0.152. The lowest BCUT2D eigenvalue weighted by Crippen LogP contribution is -2.29. The first-order valence-corrected chi connectivity index (χ1v) is 7.29. The fraction of sp³-hybridized carbons (Fsp3) is 0.294. The largest absolute Gasteiger partial charge is 0.467 e. The van der Waals surface area contributed by atoms with E-state index in [1.807, 2.05) is 29.7 Å². The maximum atomic E-state index is 12.2. The van der Waals surface area contributed by atoms with Crippen molar-refractivity contribution in [1.29, 1.82) is 0 Å². The molecular weight excluding hydrogens is 278 g/mol. The maximum Gasteiger partial charge on any atom is 0.240 e. The number of imidazole rings is 1. The highest BCUT2D eigenvalue weighted by molar-refractivity contribution is 5.81. The molecule has 0 fully saturated rings. The number of hydrogen-bond acceptors (Lipinski definition) is 3. The Morgan fingerprint density at radius 1 is 1.36 bits per heavy atom. The molecule has 3 aromatic rings. The first-order valence-electron chi connectivity index (χ1n) is 7.29. The molecule has 2 heterocycles. The summed E-state index contributed by atoms with van der Waals surface area (Å²) in [5.74, 6) is 0.678. The highest BCUT2D eigenvalue weighted by Crippen LogP contribution is 2.18. The third kappa shape index (κ3) is 2.74. The number of hydrogen-bond donors (Lipinski definition) is 1. The van der Waals surface area contributed by atoms with Gasteiger partial charge in [-0.3, -0.25) is 4.79 Å². The van der Waals surface area contributed by atoms with Crippen LogP contribution in [0.15, 0.2) is 41.3 Å². The van der Waals surface area contributed by atoms with Crippen molar-refractivity contribution in [2.75, 3.05) is 0 Å². The van der Waals surface area contributed by atoms with Gasteiger partial charge in [0.25, 0.3) is 0 Å². The Hall–Kier alpha value is -2.56. The molecule has 0 spiro atoms. The second-order valence-corrected chi connectivity index (χ2v) is 5.60. The van der Waals surface area contributed by atoms with Crippen molar-refractivity contribution in [3.8, 4) is 0 Å². The summed E-state index contributed by atoms with van der Waals surface area (Å²) in [5.41, 5.74) is 4.28. The zero-order valence-electron chi connectivity index (χ0n) is 13.0. The third-order valence-electron chi connectivity index (χ3n) is 3.90. The van der Waals surface area contributed by atoms with Gasteiger partial charge in [-0.2, -0.15) is 0 Å². The molecule has 0 saturated heterocycles. The highest BCUT2D eigenvalue weighted by Gasteiger charge is 2.13. The molecule has 5 heteroatoms. The van der Waals surface area contributed by atoms with Gasteiger partial charge < -0.3 is 14.3 Å². The van der Waals surface area contributed by atoms with Crippen molar-refractivity contribution >= 4 is 16.9 Å². The van der Waals surface area contributed by atoms with Gasteiger partial charge in [-0.05, 0) is 56.2 Å². The van der Waals surface area contributed by atoms with Crippen LogP contribution in [0.2, 0.25) is 0 Å². The molecular formula is C17H19N3O2. The Morgan fingerprint density at radius 2 is 2.14 bits per heavy atom. The molecule has 5 nitrogen and oxygen atoms in total. The van der Waals surface area contributed by atoms with Gasteiger partial charge in [-0.25, -0.2) is 4.98 Å². The molecule has 0 saturated carbocycles.